The van der Waals surface area contributed by atoms with Crippen LogP contribution in [0, 0.1) is 30.9 Å². The second-order valence-corrected chi connectivity index (χ2v) is 11.1. The molecule has 0 saturated carbocycles. The molecule has 2 aromatic carbocycles. The number of methoxy groups -OCH3 is 1. The Hall–Kier alpha value is -3.85. The molecule has 2 heterocycles. The van der Waals surface area contributed by atoms with Crippen molar-refractivity contribution in [2.45, 2.75) is 25.7 Å². The highest BCUT2D eigenvalue weighted by Gasteiger charge is 2.33. The summed E-state index contributed by atoms with van der Waals surface area (Å²) in [6.07, 6.45) is 0. The fraction of sp³-hybridized carbons (Fsp3) is 0.385. The molecule has 1 aliphatic heterocycles. The van der Waals surface area contributed by atoms with E-state index < -0.39 is 26.5 Å². The van der Waals surface area contributed by atoms with Gasteiger partial charge in [-0.15, -0.1) is 0 Å². The molecular formula is C26H31N5O8S. The molecule has 1 aromatic heterocycles. The molecule has 214 valence electrons. The van der Waals surface area contributed by atoms with Crippen molar-refractivity contribution >= 4 is 21.6 Å². The standard InChI is InChI=1S/C26H31N5O8S/c1-17-6-5-7-21(18(17)2)30-26(19(3)24(28-30)25(32)27-10-13-37-4)39-22-9-8-20(31(33)34)16-23(22)40(35,36)29-11-14-38-15-12-29/h5-9,16H,10-15H2,1-4H3,(H,27,32). The first-order valence-corrected chi connectivity index (χ1v) is 14.0. The fourth-order valence-electron chi connectivity index (χ4n) is 4.22. The molecule has 1 aliphatic rings. The number of carbonyl (C=O) groups is 1. The molecule has 14 heteroatoms. The number of nitrogens with zero attached hydrogens (tertiary/aromatic N) is 4. The molecule has 0 spiro atoms. The van der Waals surface area contributed by atoms with Crippen molar-refractivity contribution in [1.29, 1.82) is 0 Å². The zero-order valence-corrected chi connectivity index (χ0v) is 23.5. The van der Waals surface area contributed by atoms with Crippen LogP contribution >= 0.6 is 0 Å². The Morgan fingerprint density at radius 3 is 2.55 bits per heavy atom. The summed E-state index contributed by atoms with van der Waals surface area (Å²) in [6.45, 7) is 6.60. The number of nitro groups is 1. The second-order valence-electron chi connectivity index (χ2n) is 9.16. The van der Waals surface area contributed by atoms with Gasteiger partial charge in [0.2, 0.25) is 15.9 Å². The Labute approximate surface area is 231 Å². The number of sulfonamides is 1. The predicted octanol–water partition coefficient (Wildman–Crippen LogP) is 2.90. The SMILES string of the molecule is COCCNC(=O)c1nn(-c2cccc(C)c2C)c(Oc2ccc([N+](=O)[O-])cc2S(=O)(=O)N2CCOCC2)c1C. The lowest BCUT2D eigenvalue weighted by Crippen LogP contribution is -2.40. The van der Waals surface area contributed by atoms with E-state index >= 15 is 0 Å². The van der Waals surface area contributed by atoms with Crippen LogP contribution in [0.15, 0.2) is 41.3 Å². The third kappa shape index (κ3) is 5.84. The number of nitrogens with one attached hydrogen (secondary N) is 1. The van der Waals surface area contributed by atoms with E-state index in [0.717, 1.165) is 17.2 Å². The van der Waals surface area contributed by atoms with Gasteiger partial charge >= 0.3 is 0 Å². The van der Waals surface area contributed by atoms with E-state index in [2.05, 4.69) is 10.4 Å². The number of nitro benzene ring substituents is 1. The first kappa shape index (κ1) is 29.1. The topological polar surface area (TPSA) is 155 Å². The van der Waals surface area contributed by atoms with E-state index in [1.165, 1.54) is 28.2 Å². The largest absolute Gasteiger partial charge is 0.437 e. The third-order valence-electron chi connectivity index (χ3n) is 6.61. The van der Waals surface area contributed by atoms with Crippen molar-refractivity contribution in [2.75, 3.05) is 46.6 Å². The predicted molar refractivity (Wildman–Crippen MR) is 145 cm³/mol. The van der Waals surface area contributed by atoms with Crippen LogP contribution in [0.25, 0.3) is 5.69 Å². The van der Waals surface area contributed by atoms with Crippen LogP contribution in [0.3, 0.4) is 0 Å². The third-order valence-corrected chi connectivity index (χ3v) is 8.53. The summed E-state index contributed by atoms with van der Waals surface area (Å²) >= 11 is 0. The molecule has 0 bridgehead atoms. The molecule has 0 aliphatic carbocycles. The average Bonchev–Trinajstić information content (AvgIpc) is 3.26. The molecule has 1 saturated heterocycles. The maximum Gasteiger partial charge on any atom is 0.272 e. The maximum atomic E-state index is 13.6. The number of aromatic nitrogens is 2. The van der Waals surface area contributed by atoms with E-state index in [9.17, 15) is 23.3 Å². The summed E-state index contributed by atoms with van der Waals surface area (Å²) in [5.74, 6) is -0.510. The molecule has 1 amide bonds. The van der Waals surface area contributed by atoms with E-state index in [0.29, 0.717) is 17.9 Å². The fourth-order valence-corrected chi connectivity index (χ4v) is 5.76. The lowest BCUT2D eigenvalue weighted by Gasteiger charge is -2.26. The number of rotatable bonds is 10. The number of amides is 1. The highest BCUT2D eigenvalue weighted by atomic mass is 32.2. The minimum Gasteiger partial charge on any atom is -0.437 e. The average molecular weight is 574 g/mol. The van der Waals surface area contributed by atoms with Crippen LogP contribution in [-0.4, -0.2) is 79.9 Å². The van der Waals surface area contributed by atoms with Gasteiger partial charge in [0.1, 0.15) is 10.6 Å². The molecule has 0 atom stereocenters. The van der Waals surface area contributed by atoms with E-state index in [4.69, 9.17) is 14.2 Å². The maximum absolute atomic E-state index is 13.6. The van der Waals surface area contributed by atoms with Crippen LogP contribution < -0.4 is 10.1 Å². The number of carbonyl (C=O) groups excluding carboxylic acids is 1. The summed E-state index contributed by atoms with van der Waals surface area (Å²) in [5.41, 5.74) is 2.47. The van der Waals surface area contributed by atoms with Crippen molar-refractivity contribution in [3.05, 3.63) is 68.9 Å². The zero-order valence-electron chi connectivity index (χ0n) is 22.7. The highest BCUT2D eigenvalue weighted by Crippen LogP contribution is 2.37. The number of benzene rings is 2. The first-order chi connectivity index (χ1) is 19.1. The zero-order chi connectivity index (χ0) is 29.0. The Kier molecular flexibility index (Phi) is 8.83. The number of ether oxygens (including phenoxy) is 3. The van der Waals surface area contributed by atoms with Gasteiger partial charge in [-0.2, -0.15) is 14.1 Å². The van der Waals surface area contributed by atoms with Crippen LogP contribution in [-0.2, 0) is 19.5 Å². The van der Waals surface area contributed by atoms with Crippen LogP contribution in [0.5, 0.6) is 11.6 Å². The minimum atomic E-state index is -4.20. The second kappa shape index (κ2) is 12.1. The summed E-state index contributed by atoms with van der Waals surface area (Å²) in [6, 6.07) is 8.94. The molecule has 3 aromatic rings. The van der Waals surface area contributed by atoms with Crippen molar-refractivity contribution in [3.8, 4) is 17.3 Å². The monoisotopic (exact) mass is 573 g/mol. The molecule has 13 nitrogen and oxygen atoms in total. The Balaban J connectivity index is 1.87. The van der Waals surface area contributed by atoms with Crippen molar-refractivity contribution in [2.24, 2.45) is 0 Å². The number of non-ortho nitro benzene ring substituents is 1. The molecular weight excluding hydrogens is 542 g/mol. The molecule has 1 N–H and O–H groups in total. The van der Waals surface area contributed by atoms with Gasteiger partial charge in [0.15, 0.2) is 5.69 Å². The van der Waals surface area contributed by atoms with Crippen molar-refractivity contribution in [3.63, 3.8) is 0 Å². The molecule has 1 fully saturated rings. The van der Waals surface area contributed by atoms with E-state index in [1.807, 2.05) is 26.0 Å². The number of hydrogen-bond acceptors (Lipinski definition) is 9. The molecule has 4 rings (SSSR count). The van der Waals surface area contributed by atoms with Gasteiger partial charge in [-0.3, -0.25) is 14.9 Å². The number of aryl methyl sites for hydroxylation is 1. The van der Waals surface area contributed by atoms with Gasteiger partial charge in [-0.25, -0.2) is 8.42 Å². The van der Waals surface area contributed by atoms with Gasteiger partial charge in [-0.1, -0.05) is 12.1 Å². The summed E-state index contributed by atoms with van der Waals surface area (Å²) < 4.78 is 46.4. The molecule has 40 heavy (non-hydrogen) atoms. The quantitative estimate of drug-likeness (QED) is 0.219. The van der Waals surface area contributed by atoms with E-state index in [-0.39, 0.29) is 55.1 Å². The Morgan fingerprint density at radius 1 is 1.15 bits per heavy atom. The number of morpholine rings is 1. The minimum absolute atomic E-state index is 0.0755. The van der Waals surface area contributed by atoms with Crippen molar-refractivity contribution < 1.29 is 32.3 Å². The lowest BCUT2D eigenvalue weighted by molar-refractivity contribution is -0.385. The van der Waals surface area contributed by atoms with Crippen LogP contribution in [0.2, 0.25) is 0 Å². The highest BCUT2D eigenvalue weighted by molar-refractivity contribution is 7.89. The smallest absolute Gasteiger partial charge is 0.272 e. The van der Waals surface area contributed by atoms with Gasteiger partial charge in [0.05, 0.1) is 30.4 Å². The van der Waals surface area contributed by atoms with Gasteiger partial charge in [0.25, 0.3) is 11.6 Å². The summed E-state index contributed by atoms with van der Waals surface area (Å²) in [5, 5.41) is 18.8. The van der Waals surface area contributed by atoms with Gasteiger partial charge in [0, 0.05) is 44.4 Å². The Morgan fingerprint density at radius 2 is 1.88 bits per heavy atom. The van der Waals surface area contributed by atoms with Crippen LogP contribution in [0.1, 0.15) is 27.2 Å². The lowest BCUT2D eigenvalue weighted by atomic mass is 10.1. The Bertz CT molecular complexity index is 1530. The van der Waals surface area contributed by atoms with Crippen LogP contribution in [0.4, 0.5) is 5.69 Å². The van der Waals surface area contributed by atoms with Crippen molar-refractivity contribution in [1.82, 2.24) is 19.4 Å². The first-order valence-electron chi connectivity index (χ1n) is 12.5. The summed E-state index contributed by atoms with van der Waals surface area (Å²) in [7, 11) is -2.68. The normalized spacial score (nSPS) is 14.2. The van der Waals surface area contributed by atoms with E-state index in [1.54, 1.807) is 13.0 Å². The number of hydrogen-bond donors (Lipinski definition) is 1. The summed E-state index contributed by atoms with van der Waals surface area (Å²) in [4.78, 5) is 23.5. The van der Waals surface area contributed by atoms with Gasteiger partial charge in [-0.05, 0) is 44.0 Å². The van der Waals surface area contributed by atoms with Gasteiger partial charge < -0.3 is 19.5 Å². The molecule has 0 radical (unpaired) electrons. The molecule has 0 unspecified atom stereocenters.